The van der Waals surface area contributed by atoms with Gasteiger partial charge in [0.1, 0.15) is 23.5 Å². The second kappa shape index (κ2) is 7.98. The Kier molecular flexibility index (Phi) is 5.34. The second-order valence-corrected chi connectivity index (χ2v) is 7.48. The first-order valence-electron chi connectivity index (χ1n) is 9.70. The maximum absolute atomic E-state index is 14.4. The minimum Gasteiger partial charge on any atom is -0.355 e. The van der Waals surface area contributed by atoms with Crippen LogP contribution in [0.25, 0.3) is 11.3 Å². The van der Waals surface area contributed by atoms with Crippen LogP contribution in [0.5, 0.6) is 0 Å². The highest BCUT2D eigenvalue weighted by atomic mass is 19.1. The first kappa shape index (κ1) is 20.8. The number of pyridine rings is 1. The van der Waals surface area contributed by atoms with Gasteiger partial charge in [-0.15, -0.1) is 10.2 Å². The normalized spacial score (nSPS) is 20.1. The van der Waals surface area contributed by atoms with Gasteiger partial charge in [-0.2, -0.15) is 0 Å². The highest BCUT2D eigenvalue weighted by molar-refractivity contribution is 5.95. The van der Waals surface area contributed by atoms with E-state index in [4.69, 9.17) is 0 Å². The largest absolute Gasteiger partial charge is 0.355 e. The zero-order valence-corrected chi connectivity index (χ0v) is 16.9. The number of amides is 1. The van der Waals surface area contributed by atoms with Crippen molar-refractivity contribution in [1.82, 2.24) is 20.5 Å². The highest BCUT2D eigenvalue weighted by Crippen LogP contribution is 2.48. The fraction of sp³-hybridized carbons (Fsp3) is 0.273. The van der Waals surface area contributed by atoms with Gasteiger partial charge in [0.05, 0.1) is 11.2 Å². The molecule has 160 valence electrons. The molecule has 0 radical (unpaired) electrons. The molecule has 0 unspecified atom stereocenters. The molecule has 1 aliphatic rings. The standard InChI is InChI=1S/C22H20F3N5O/c1-26-21(31)13-5-6-16(24)15(10-13)18-7-8-19(29-28-18)30(2)22(11-14(23)12-22)20-17(25)4-3-9-27-20/h3-10,14H,11-12H2,1-2H3,(H,26,31). The van der Waals surface area contributed by atoms with Crippen molar-refractivity contribution >= 4 is 11.7 Å². The summed E-state index contributed by atoms with van der Waals surface area (Å²) in [5, 5.41) is 10.7. The number of rotatable bonds is 5. The van der Waals surface area contributed by atoms with Crippen LogP contribution in [0.3, 0.4) is 0 Å². The molecule has 2 heterocycles. The Labute approximate surface area is 177 Å². The number of benzene rings is 1. The fourth-order valence-electron chi connectivity index (χ4n) is 3.90. The van der Waals surface area contributed by atoms with Gasteiger partial charge in [-0.3, -0.25) is 9.78 Å². The molecule has 1 aliphatic carbocycles. The third-order valence-electron chi connectivity index (χ3n) is 5.69. The van der Waals surface area contributed by atoms with E-state index < -0.39 is 23.3 Å². The lowest BCUT2D eigenvalue weighted by Gasteiger charge is -2.50. The number of hydrogen-bond acceptors (Lipinski definition) is 5. The van der Waals surface area contributed by atoms with Crippen LogP contribution in [0, 0.1) is 11.6 Å². The van der Waals surface area contributed by atoms with Crippen molar-refractivity contribution in [2.24, 2.45) is 0 Å². The van der Waals surface area contributed by atoms with Gasteiger partial charge in [0.15, 0.2) is 5.82 Å². The molecule has 1 N–H and O–H groups in total. The number of carbonyl (C=O) groups is 1. The third kappa shape index (κ3) is 3.60. The summed E-state index contributed by atoms with van der Waals surface area (Å²) in [6.45, 7) is 0. The maximum Gasteiger partial charge on any atom is 0.251 e. The van der Waals surface area contributed by atoms with Gasteiger partial charge in [-0.1, -0.05) is 0 Å². The van der Waals surface area contributed by atoms with E-state index in [1.165, 1.54) is 43.6 Å². The lowest BCUT2D eigenvalue weighted by atomic mass is 9.71. The summed E-state index contributed by atoms with van der Waals surface area (Å²) in [4.78, 5) is 17.6. The van der Waals surface area contributed by atoms with Crippen LogP contribution in [0.4, 0.5) is 19.0 Å². The predicted octanol–water partition coefficient (Wildman–Crippen LogP) is 3.64. The summed E-state index contributed by atoms with van der Waals surface area (Å²) in [6.07, 6.45) is 0.543. The van der Waals surface area contributed by atoms with Gasteiger partial charge < -0.3 is 10.2 Å². The monoisotopic (exact) mass is 427 g/mol. The van der Waals surface area contributed by atoms with E-state index >= 15 is 0 Å². The van der Waals surface area contributed by atoms with E-state index in [1.54, 1.807) is 24.1 Å². The molecule has 6 nitrogen and oxygen atoms in total. The van der Waals surface area contributed by atoms with Gasteiger partial charge in [0.2, 0.25) is 0 Å². The van der Waals surface area contributed by atoms with Crippen LogP contribution in [0.15, 0.2) is 48.7 Å². The van der Waals surface area contributed by atoms with Crippen molar-refractivity contribution in [3.8, 4) is 11.3 Å². The number of alkyl halides is 1. The van der Waals surface area contributed by atoms with E-state index in [9.17, 15) is 18.0 Å². The van der Waals surface area contributed by atoms with E-state index in [2.05, 4.69) is 20.5 Å². The zero-order chi connectivity index (χ0) is 22.2. The maximum atomic E-state index is 14.4. The molecule has 1 aromatic carbocycles. The van der Waals surface area contributed by atoms with Crippen molar-refractivity contribution in [3.63, 3.8) is 0 Å². The molecular weight excluding hydrogens is 407 g/mol. The molecule has 0 aliphatic heterocycles. The number of nitrogens with zero attached hydrogens (tertiary/aromatic N) is 4. The summed E-state index contributed by atoms with van der Waals surface area (Å²) < 4.78 is 42.7. The highest BCUT2D eigenvalue weighted by Gasteiger charge is 2.52. The molecule has 2 aromatic heterocycles. The molecule has 9 heteroatoms. The minimum atomic E-state index is -1.07. The smallest absolute Gasteiger partial charge is 0.251 e. The topological polar surface area (TPSA) is 71.0 Å². The van der Waals surface area contributed by atoms with Crippen LogP contribution in [0.2, 0.25) is 0 Å². The number of anilines is 1. The van der Waals surface area contributed by atoms with E-state index in [1.807, 2.05) is 0 Å². The van der Waals surface area contributed by atoms with Crippen LogP contribution < -0.4 is 10.2 Å². The molecule has 0 saturated heterocycles. The predicted molar refractivity (Wildman–Crippen MR) is 109 cm³/mol. The molecule has 0 atom stereocenters. The lowest BCUT2D eigenvalue weighted by Crippen LogP contribution is -2.56. The Bertz CT molecular complexity index is 1120. The Hall–Kier alpha value is -3.49. The minimum absolute atomic E-state index is 0.0731. The van der Waals surface area contributed by atoms with Crippen molar-refractivity contribution in [1.29, 1.82) is 0 Å². The fourth-order valence-corrected chi connectivity index (χ4v) is 3.90. The first-order chi connectivity index (χ1) is 14.9. The van der Waals surface area contributed by atoms with E-state index in [-0.39, 0.29) is 41.3 Å². The van der Waals surface area contributed by atoms with Gasteiger partial charge in [-0.05, 0) is 42.5 Å². The Morgan fingerprint density at radius 1 is 1.13 bits per heavy atom. The van der Waals surface area contributed by atoms with Crippen molar-refractivity contribution in [3.05, 3.63) is 71.6 Å². The lowest BCUT2D eigenvalue weighted by molar-refractivity contribution is 0.0865. The number of nitrogens with one attached hydrogen (secondary N) is 1. The molecule has 31 heavy (non-hydrogen) atoms. The first-order valence-corrected chi connectivity index (χ1v) is 9.70. The number of carbonyl (C=O) groups excluding carboxylic acids is 1. The summed E-state index contributed by atoms with van der Waals surface area (Å²) >= 11 is 0. The molecule has 3 aromatic rings. The summed E-state index contributed by atoms with van der Waals surface area (Å²) in [5.74, 6) is -1.05. The summed E-state index contributed by atoms with van der Waals surface area (Å²) in [5.41, 5.74) is -0.182. The molecule has 1 fully saturated rings. The molecule has 0 bridgehead atoms. The van der Waals surface area contributed by atoms with Gasteiger partial charge in [-0.25, -0.2) is 13.2 Å². The SMILES string of the molecule is CNC(=O)c1ccc(F)c(-c2ccc(N(C)C3(c4ncccc4F)CC(F)C3)nn2)c1. The molecule has 1 amide bonds. The molecule has 4 rings (SSSR count). The molecule has 0 spiro atoms. The van der Waals surface area contributed by atoms with Gasteiger partial charge >= 0.3 is 0 Å². The molecule has 1 saturated carbocycles. The number of aromatic nitrogens is 3. The zero-order valence-electron chi connectivity index (χ0n) is 16.9. The van der Waals surface area contributed by atoms with E-state index in [0.29, 0.717) is 5.82 Å². The van der Waals surface area contributed by atoms with Crippen molar-refractivity contribution in [2.75, 3.05) is 19.0 Å². The van der Waals surface area contributed by atoms with Crippen LogP contribution in [-0.4, -0.2) is 41.4 Å². The van der Waals surface area contributed by atoms with Crippen LogP contribution in [-0.2, 0) is 5.54 Å². The average Bonchev–Trinajstić information content (AvgIpc) is 2.77. The quantitative estimate of drug-likeness (QED) is 0.673. The van der Waals surface area contributed by atoms with Crippen molar-refractivity contribution < 1.29 is 18.0 Å². The number of halogens is 3. The van der Waals surface area contributed by atoms with E-state index in [0.717, 1.165) is 0 Å². The Morgan fingerprint density at radius 2 is 1.90 bits per heavy atom. The average molecular weight is 427 g/mol. The van der Waals surface area contributed by atoms with Crippen LogP contribution >= 0.6 is 0 Å². The van der Waals surface area contributed by atoms with Crippen LogP contribution in [0.1, 0.15) is 28.9 Å². The Balaban J connectivity index is 1.67. The second-order valence-electron chi connectivity index (χ2n) is 7.48. The van der Waals surface area contributed by atoms with Crippen molar-refractivity contribution in [2.45, 2.75) is 24.6 Å². The summed E-state index contributed by atoms with van der Waals surface area (Å²) in [6, 6.07) is 9.89. The summed E-state index contributed by atoms with van der Waals surface area (Å²) in [7, 11) is 3.16. The number of hydrogen-bond donors (Lipinski definition) is 1. The third-order valence-corrected chi connectivity index (χ3v) is 5.69. The molecular formula is C22H20F3N5O. The van der Waals surface area contributed by atoms with Gasteiger partial charge in [0, 0.05) is 44.3 Å². The Morgan fingerprint density at radius 3 is 2.52 bits per heavy atom. The van der Waals surface area contributed by atoms with Gasteiger partial charge in [0.25, 0.3) is 5.91 Å².